The SMILES string of the molecule is CC[C@H](Oc1ccc(Cl)cc1)C(=O)N[C@H](C)c1ccc(C)cc1. The van der Waals surface area contributed by atoms with Gasteiger partial charge in [0.2, 0.25) is 0 Å². The summed E-state index contributed by atoms with van der Waals surface area (Å²) in [5.41, 5.74) is 2.27. The maximum Gasteiger partial charge on any atom is 0.261 e. The van der Waals surface area contributed by atoms with Crippen molar-refractivity contribution in [2.75, 3.05) is 0 Å². The van der Waals surface area contributed by atoms with Gasteiger partial charge in [0.1, 0.15) is 5.75 Å². The van der Waals surface area contributed by atoms with Gasteiger partial charge in [-0.3, -0.25) is 4.79 Å². The molecule has 2 aromatic carbocycles. The number of hydrogen-bond donors (Lipinski definition) is 1. The minimum absolute atomic E-state index is 0.0639. The van der Waals surface area contributed by atoms with Crippen LogP contribution in [0.5, 0.6) is 5.75 Å². The molecule has 4 heteroatoms. The Morgan fingerprint density at radius 3 is 2.30 bits per heavy atom. The number of aryl methyl sites for hydroxylation is 1. The average Bonchev–Trinajstić information content (AvgIpc) is 2.54. The molecule has 0 aromatic heterocycles. The standard InChI is InChI=1S/C19H22ClNO2/c1-4-18(23-17-11-9-16(20)10-12-17)19(22)21-14(3)15-7-5-13(2)6-8-15/h5-12,14,18H,4H2,1-3H3,(H,21,22)/t14-,18+/m1/s1. The van der Waals surface area contributed by atoms with Crippen LogP contribution in [0.15, 0.2) is 48.5 Å². The highest BCUT2D eigenvalue weighted by Crippen LogP contribution is 2.19. The third kappa shape index (κ3) is 5.00. The van der Waals surface area contributed by atoms with Crippen LogP contribution >= 0.6 is 11.6 Å². The van der Waals surface area contributed by atoms with Crippen LogP contribution in [0.4, 0.5) is 0 Å². The van der Waals surface area contributed by atoms with Crippen LogP contribution in [-0.4, -0.2) is 12.0 Å². The predicted octanol–water partition coefficient (Wildman–Crippen LogP) is 4.68. The van der Waals surface area contributed by atoms with Crippen LogP contribution in [0, 0.1) is 6.92 Å². The lowest BCUT2D eigenvalue weighted by molar-refractivity contribution is -0.128. The molecule has 0 spiro atoms. The first kappa shape index (κ1) is 17.4. The van der Waals surface area contributed by atoms with E-state index < -0.39 is 6.10 Å². The lowest BCUT2D eigenvalue weighted by Gasteiger charge is -2.21. The molecule has 0 heterocycles. The van der Waals surface area contributed by atoms with E-state index in [1.54, 1.807) is 24.3 Å². The van der Waals surface area contributed by atoms with E-state index >= 15 is 0 Å². The molecular formula is C19H22ClNO2. The molecule has 0 saturated heterocycles. The molecule has 0 fully saturated rings. The fraction of sp³-hybridized carbons (Fsp3) is 0.316. The van der Waals surface area contributed by atoms with Crippen molar-refractivity contribution >= 4 is 17.5 Å². The van der Waals surface area contributed by atoms with Crippen LogP contribution in [0.2, 0.25) is 5.02 Å². The maximum atomic E-state index is 12.4. The molecular weight excluding hydrogens is 310 g/mol. The number of carbonyl (C=O) groups excluding carboxylic acids is 1. The molecule has 122 valence electrons. The van der Waals surface area contributed by atoms with Gasteiger partial charge < -0.3 is 10.1 Å². The Hall–Kier alpha value is -2.00. The summed E-state index contributed by atoms with van der Waals surface area (Å²) < 4.78 is 5.77. The topological polar surface area (TPSA) is 38.3 Å². The van der Waals surface area contributed by atoms with Crippen LogP contribution < -0.4 is 10.1 Å². The fourth-order valence-electron chi connectivity index (χ4n) is 2.24. The van der Waals surface area contributed by atoms with Crippen molar-refractivity contribution in [3.05, 3.63) is 64.7 Å². The molecule has 0 bridgehead atoms. The maximum absolute atomic E-state index is 12.4. The Bertz CT molecular complexity index is 637. The summed E-state index contributed by atoms with van der Waals surface area (Å²) in [5.74, 6) is 0.523. The van der Waals surface area contributed by atoms with Gasteiger partial charge in [-0.15, -0.1) is 0 Å². The number of hydrogen-bond acceptors (Lipinski definition) is 2. The number of amides is 1. The Kier molecular flexibility index (Phi) is 6.05. The second-order valence-electron chi connectivity index (χ2n) is 5.61. The first-order valence-electron chi connectivity index (χ1n) is 7.78. The van der Waals surface area contributed by atoms with Crippen molar-refractivity contribution in [3.63, 3.8) is 0 Å². The second kappa shape index (κ2) is 8.02. The molecule has 0 aliphatic heterocycles. The van der Waals surface area contributed by atoms with Crippen molar-refractivity contribution < 1.29 is 9.53 Å². The quantitative estimate of drug-likeness (QED) is 0.834. The normalized spacial score (nSPS) is 13.2. The molecule has 2 atom stereocenters. The third-order valence-electron chi connectivity index (χ3n) is 3.69. The summed E-state index contributed by atoms with van der Waals surface area (Å²) in [6.45, 7) is 5.94. The monoisotopic (exact) mass is 331 g/mol. The largest absolute Gasteiger partial charge is 0.481 e. The summed E-state index contributed by atoms with van der Waals surface area (Å²) >= 11 is 5.86. The lowest BCUT2D eigenvalue weighted by atomic mass is 10.1. The number of carbonyl (C=O) groups is 1. The summed E-state index contributed by atoms with van der Waals surface area (Å²) in [5, 5.41) is 3.65. The van der Waals surface area contributed by atoms with E-state index in [0.717, 1.165) is 5.56 Å². The van der Waals surface area contributed by atoms with Crippen LogP contribution in [-0.2, 0) is 4.79 Å². The van der Waals surface area contributed by atoms with E-state index in [2.05, 4.69) is 5.32 Å². The summed E-state index contributed by atoms with van der Waals surface area (Å²) in [6, 6.07) is 15.1. The molecule has 0 aliphatic rings. The first-order valence-corrected chi connectivity index (χ1v) is 8.16. The molecule has 1 N–H and O–H groups in total. The van der Waals surface area contributed by atoms with E-state index in [1.807, 2.05) is 45.0 Å². The Morgan fingerprint density at radius 2 is 1.74 bits per heavy atom. The highest BCUT2D eigenvalue weighted by Gasteiger charge is 2.20. The van der Waals surface area contributed by atoms with Gasteiger partial charge in [-0.1, -0.05) is 48.4 Å². The molecule has 2 aromatic rings. The third-order valence-corrected chi connectivity index (χ3v) is 3.94. The summed E-state index contributed by atoms with van der Waals surface area (Å²) in [6.07, 6.45) is 0.0683. The Balaban J connectivity index is 1.99. The van der Waals surface area contributed by atoms with Gasteiger partial charge in [0, 0.05) is 5.02 Å². The van der Waals surface area contributed by atoms with E-state index in [0.29, 0.717) is 17.2 Å². The second-order valence-corrected chi connectivity index (χ2v) is 6.05. The van der Waals surface area contributed by atoms with E-state index in [9.17, 15) is 4.79 Å². The zero-order valence-corrected chi connectivity index (χ0v) is 14.4. The smallest absolute Gasteiger partial charge is 0.261 e. The summed E-state index contributed by atoms with van der Waals surface area (Å²) in [7, 11) is 0. The molecule has 0 saturated carbocycles. The minimum atomic E-state index is -0.524. The van der Waals surface area contributed by atoms with Gasteiger partial charge in [-0.2, -0.15) is 0 Å². The van der Waals surface area contributed by atoms with Crippen LogP contribution in [0.3, 0.4) is 0 Å². The zero-order chi connectivity index (χ0) is 16.8. The van der Waals surface area contributed by atoms with Crippen LogP contribution in [0.1, 0.15) is 37.4 Å². The summed E-state index contributed by atoms with van der Waals surface area (Å²) in [4.78, 5) is 12.4. The van der Waals surface area contributed by atoms with Gasteiger partial charge in [-0.05, 0) is 50.1 Å². The van der Waals surface area contributed by atoms with Gasteiger partial charge in [-0.25, -0.2) is 0 Å². The zero-order valence-electron chi connectivity index (χ0n) is 13.7. The van der Waals surface area contributed by atoms with Crippen molar-refractivity contribution in [1.29, 1.82) is 0 Å². The number of benzene rings is 2. The van der Waals surface area contributed by atoms with Crippen molar-refractivity contribution in [3.8, 4) is 5.75 Å². The van der Waals surface area contributed by atoms with E-state index in [1.165, 1.54) is 5.56 Å². The average molecular weight is 332 g/mol. The van der Waals surface area contributed by atoms with Crippen LogP contribution in [0.25, 0.3) is 0 Å². The van der Waals surface area contributed by atoms with Gasteiger partial charge >= 0.3 is 0 Å². The van der Waals surface area contributed by atoms with Gasteiger partial charge in [0.15, 0.2) is 6.10 Å². The van der Waals surface area contributed by atoms with Crippen molar-refractivity contribution in [2.24, 2.45) is 0 Å². The molecule has 2 rings (SSSR count). The molecule has 3 nitrogen and oxygen atoms in total. The Labute approximate surface area is 142 Å². The van der Waals surface area contributed by atoms with Gasteiger partial charge in [0.05, 0.1) is 6.04 Å². The number of nitrogens with one attached hydrogen (secondary N) is 1. The lowest BCUT2D eigenvalue weighted by Crippen LogP contribution is -2.39. The molecule has 0 radical (unpaired) electrons. The number of ether oxygens (including phenoxy) is 1. The van der Waals surface area contributed by atoms with E-state index in [4.69, 9.17) is 16.3 Å². The fourth-order valence-corrected chi connectivity index (χ4v) is 2.37. The predicted molar refractivity (Wildman–Crippen MR) is 93.9 cm³/mol. The number of rotatable bonds is 6. The van der Waals surface area contributed by atoms with E-state index in [-0.39, 0.29) is 11.9 Å². The minimum Gasteiger partial charge on any atom is -0.481 e. The molecule has 23 heavy (non-hydrogen) atoms. The molecule has 1 amide bonds. The van der Waals surface area contributed by atoms with Crippen molar-refractivity contribution in [1.82, 2.24) is 5.32 Å². The highest BCUT2D eigenvalue weighted by atomic mass is 35.5. The first-order chi connectivity index (χ1) is 11.0. The molecule has 0 unspecified atom stereocenters. The molecule has 0 aliphatic carbocycles. The van der Waals surface area contributed by atoms with Crippen molar-refractivity contribution in [2.45, 2.75) is 39.3 Å². The van der Waals surface area contributed by atoms with Gasteiger partial charge in [0.25, 0.3) is 5.91 Å². The highest BCUT2D eigenvalue weighted by molar-refractivity contribution is 6.30. The Morgan fingerprint density at radius 1 is 1.13 bits per heavy atom. The number of halogens is 1.